The maximum Gasteiger partial charge on any atom is 0.302 e. The smallest absolute Gasteiger partial charge is 0.302 e. The van der Waals surface area contributed by atoms with Crippen molar-refractivity contribution in [2.24, 2.45) is 56.7 Å². The molecule has 0 N–H and O–H groups in total. The molecule has 0 spiro atoms. The number of fused-ring (bicyclic) bond motifs is 7. The van der Waals surface area contributed by atoms with E-state index in [1.54, 1.807) is 13.8 Å². The number of hydrogen-bond acceptors (Lipinski definition) is 5. The standard InChI is InChI=1S/C39H63NO4/c1-26(24-40-22-10-9-11-23-40)29-14-19-39(25-43-27(2)41)21-20-37(7)30(34(29)39)12-13-32-36(6)17-16-33(44-28(3)42)35(4,5)31(36)15-18-38(32,37)8/h29-34H,1,9-25H2,2-8H3/t29-,30+,31-,32?,33?,34+,36-,37+,38+,39+/m0/s1. The summed E-state index contributed by atoms with van der Waals surface area (Å²) in [7, 11) is 0. The van der Waals surface area contributed by atoms with Gasteiger partial charge in [-0.2, -0.15) is 0 Å². The minimum atomic E-state index is -0.132. The molecule has 44 heavy (non-hydrogen) atoms. The molecule has 0 radical (unpaired) electrons. The van der Waals surface area contributed by atoms with Gasteiger partial charge in [-0.25, -0.2) is 0 Å². The molecule has 2 unspecified atom stereocenters. The van der Waals surface area contributed by atoms with Gasteiger partial charge in [-0.3, -0.25) is 14.5 Å². The Morgan fingerprint density at radius 1 is 0.773 bits per heavy atom. The highest BCUT2D eigenvalue weighted by atomic mass is 16.5. The molecule has 6 rings (SSSR count). The van der Waals surface area contributed by atoms with Gasteiger partial charge in [0, 0.05) is 31.2 Å². The number of carbonyl (C=O) groups excluding carboxylic acids is 2. The molecular formula is C39H63NO4. The van der Waals surface area contributed by atoms with E-state index in [-0.39, 0.29) is 45.1 Å². The van der Waals surface area contributed by atoms with Crippen molar-refractivity contribution < 1.29 is 19.1 Å². The molecule has 1 saturated heterocycles. The summed E-state index contributed by atoms with van der Waals surface area (Å²) in [4.78, 5) is 26.9. The minimum Gasteiger partial charge on any atom is -0.465 e. The average molecular weight is 610 g/mol. The van der Waals surface area contributed by atoms with Crippen molar-refractivity contribution in [1.29, 1.82) is 0 Å². The van der Waals surface area contributed by atoms with Gasteiger partial charge in [-0.15, -0.1) is 0 Å². The number of esters is 2. The molecule has 5 nitrogen and oxygen atoms in total. The number of piperidine rings is 1. The maximum absolute atomic E-state index is 12.2. The zero-order valence-electron chi connectivity index (χ0n) is 29.3. The Balaban J connectivity index is 1.31. The molecule has 5 saturated carbocycles. The lowest BCUT2D eigenvalue weighted by atomic mass is 9.32. The number of hydrogen-bond donors (Lipinski definition) is 0. The van der Waals surface area contributed by atoms with Crippen molar-refractivity contribution in [1.82, 2.24) is 4.90 Å². The number of nitrogens with zero attached hydrogens (tertiary/aromatic N) is 1. The predicted molar refractivity (Wildman–Crippen MR) is 176 cm³/mol. The van der Waals surface area contributed by atoms with Crippen LogP contribution in [0, 0.1) is 56.7 Å². The van der Waals surface area contributed by atoms with Crippen molar-refractivity contribution in [3.05, 3.63) is 12.2 Å². The van der Waals surface area contributed by atoms with Gasteiger partial charge in [0.1, 0.15) is 6.10 Å². The van der Waals surface area contributed by atoms with E-state index in [2.05, 4.69) is 39.5 Å². The summed E-state index contributed by atoms with van der Waals surface area (Å²) >= 11 is 0. The molecule has 6 aliphatic rings. The van der Waals surface area contributed by atoms with Gasteiger partial charge in [0.25, 0.3) is 0 Å². The molecule has 10 atom stereocenters. The summed E-state index contributed by atoms with van der Waals surface area (Å²) in [5.41, 5.74) is 2.35. The van der Waals surface area contributed by atoms with Crippen LogP contribution in [0.15, 0.2) is 12.2 Å². The van der Waals surface area contributed by atoms with Crippen LogP contribution in [0.5, 0.6) is 0 Å². The largest absolute Gasteiger partial charge is 0.465 e. The van der Waals surface area contributed by atoms with E-state index in [1.165, 1.54) is 89.3 Å². The first kappa shape index (κ1) is 32.6. The Labute approximate surface area is 268 Å². The number of ether oxygens (including phenoxy) is 2. The van der Waals surface area contributed by atoms with Crippen molar-refractivity contribution in [2.45, 2.75) is 138 Å². The molecular weight excluding hydrogens is 546 g/mol. The fourth-order valence-corrected chi connectivity index (χ4v) is 13.6. The van der Waals surface area contributed by atoms with E-state index in [9.17, 15) is 9.59 Å². The Morgan fingerprint density at radius 3 is 2.18 bits per heavy atom. The molecule has 0 aromatic heterocycles. The third-order valence-corrected chi connectivity index (χ3v) is 15.8. The van der Waals surface area contributed by atoms with Gasteiger partial charge in [0.15, 0.2) is 0 Å². The molecule has 5 aliphatic carbocycles. The van der Waals surface area contributed by atoms with Crippen LogP contribution in [0.2, 0.25) is 0 Å². The zero-order chi connectivity index (χ0) is 31.7. The van der Waals surface area contributed by atoms with Crippen LogP contribution in [0.4, 0.5) is 0 Å². The third-order valence-electron chi connectivity index (χ3n) is 15.8. The van der Waals surface area contributed by atoms with E-state index >= 15 is 0 Å². The Morgan fingerprint density at radius 2 is 1.50 bits per heavy atom. The maximum atomic E-state index is 12.2. The van der Waals surface area contributed by atoms with Crippen LogP contribution >= 0.6 is 0 Å². The van der Waals surface area contributed by atoms with Crippen LogP contribution in [-0.2, 0) is 19.1 Å². The third kappa shape index (κ3) is 4.94. The summed E-state index contributed by atoms with van der Waals surface area (Å²) in [5, 5.41) is 0. The highest BCUT2D eigenvalue weighted by Crippen LogP contribution is 2.77. The molecule has 0 aromatic rings. The first-order valence-corrected chi connectivity index (χ1v) is 18.4. The number of carbonyl (C=O) groups is 2. The van der Waals surface area contributed by atoms with Crippen molar-refractivity contribution in [3.8, 4) is 0 Å². The molecule has 5 heteroatoms. The monoisotopic (exact) mass is 609 g/mol. The second-order valence-electron chi connectivity index (χ2n) is 17.9. The van der Waals surface area contributed by atoms with Crippen molar-refractivity contribution >= 4 is 11.9 Å². The van der Waals surface area contributed by atoms with Crippen LogP contribution in [0.1, 0.15) is 132 Å². The average Bonchev–Trinajstić information content (AvgIpc) is 3.34. The first-order valence-electron chi connectivity index (χ1n) is 18.4. The fraction of sp³-hybridized carbons (Fsp3) is 0.897. The van der Waals surface area contributed by atoms with Gasteiger partial charge in [0.2, 0.25) is 0 Å². The summed E-state index contributed by atoms with van der Waals surface area (Å²) in [6.45, 7) is 24.9. The summed E-state index contributed by atoms with van der Waals surface area (Å²) < 4.78 is 11.9. The Bertz CT molecular complexity index is 1140. The van der Waals surface area contributed by atoms with E-state index in [0.717, 1.165) is 19.4 Å². The normalized spacial score (nSPS) is 46.5. The van der Waals surface area contributed by atoms with E-state index in [1.807, 2.05) is 0 Å². The van der Waals surface area contributed by atoms with Crippen molar-refractivity contribution in [2.75, 3.05) is 26.2 Å². The molecule has 0 amide bonds. The van der Waals surface area contributed by atoms with Gasteiger partial charge < -0.3 is 9.47 Å². The van der Waals surface area contributed by atoms with Gasteiger partial charge >= 0.3 is 11.9 Å². The topological polar surface area (TPSA) is 55.8 Å². The predicted octanol–water partition coefficient (Wildman–Crippen LogP) is 8.60. The van der Waals surface area contributed by atoms with Crippen molar-refractivity contribution in [3.63, 3.8) is 0 Å². The van der Waals surface area contributed by atoms with Crippen LogP contribution < -0.4 is 0 Å². The number of rotatable bonds is 6. The first-order chi connectivity index (χ1) is 20.7. The second kappa shape index (κ2) is 11.4. The summed E-state index contributed by atoms with van der Waals surface area (Å²) in [6.07, 6.45) is 16.0. The molecule has 1 heterocycles. The van der Waals surface area contributed by atoms with Gasteiger partial charge in [0.05, 0.1) is 6.61 Å². The van der Waals surface area contributed by atoms with E-state index < -0.39 is 0 Å². The van der Waals surface area contributed by atoms with Crippen LogP contribution in [0.3, 0.4) is 0 Å². The highest BCUT2D eigenvalue weighted by Gasteiger charge is 2.71. The second-order valence-corrected chi connectivity index (χ2v) is 17.9. The molecule has 6 fully saturated rings. The summed E-state index contributed by atoms with van der Waals surface area (Å²) in [6, 6.07) is 0. The lowest BCUT2D eigenvalue weighted by Gasteiger charge is -2.73. The number of likely N-dealkylation sites (tertiary alicyclic amines) is 1. The SMILES string of the molecule is C=C(CN1CCCCC1)[C@@H]1CC[C@]2(COC(C)=O)CC[C@]3(C)[C@H](CCC4[C@@]5(C)CCC(OC(C)=O)C(C)(C)[C@@H]5CC[C@]43C)[C@@H]12. The van der Waals surface area contributed by atoms with Gasteiger partial charge in [-0.05, 0) is 136 Å². The Hall–Kier alpha value is -1.36. The lowest BCUT2D eigenvalue weighted by Crippen LogP contribution is -2.67. The molecule has 248 valence electrons. The van der Waals surface area contributed by atoms with Gasteiger partial charge in [-0.1, -0.05) is 53.2 Å². The zero-order valence-corrected chi connectivity index (χ0v) is 29.3. The lowest BCUT2D eigenvalue weighted by molar-refractivity contribution is -0.252. The molecule has 0 bridgehead atoms. The quantitative estimate of drug-likeness (QED) is 0.223. The van der Waals surface area contributed by atoms with E-state index in [4.69, 9.17) is 16.1 Å². The van der Waals surface area contributed by atoms with Crippen LogP contribution in [0.25, 0.3) is 0 Å². The fourth-order valence-electron chi connectivity index (χ4n) is 13.6. The Kier molecular flexibility index (Phi) is 8.45. The van der Waals surface area contributed by atoms with Crippen LogP contribution in [-0.4, -0.2) is 49.2 Å². The summed E-state index contributed by atoms with van der Waals surface area (Å²) in [5.74, 6) is 2.72. The molecule has 0 aromatic carbocycles. The molecule has 1 aliphatic heterocycles. The highest BCUT2D eigenvalue weighted by molar-refractivity contribution is 5.66. The minimum absolute atomic E-state index is 0.00770. The van der Waals surface area contributed by atoms with E-state index in [0.29, 0.717) is 36.2 Å².